The number of aromatic nitrogens is 1. The third-order valence-corrected chi connectivity index (χ3v) is 4.59. The van der Waals surface area contributed by atoms with Crippen molar-refractivity contribution in [2.45, 2.75) is 5.92 Å². The van der Waals surface area contributed by atoms with E-state index in [1.807, 2.05) is 36.4 Å². The molecule has 4 rings (SSSR count). The number of nitrogens with zero attached hydrogens (tertiary/aromatic N) is 1. The van der Waals surface area contributed by atoms with Gasteiger partial charge >= 0.3 is 0 Å². The van der Waals surface area contributed by atoms with Gasteiger partial charge in [-0.3, -0.25) is 4.57 Å². The van der Waals surface area contributed by atoms with Gasteiger partial charge in [0.25, 0.3) is 0 Å². The van der Waals surface area contributed by atoms with Crippen molar-refractivity contribution in [2.75, 3.05) is 0 Å². The zero-order valence-electron chi connectivity index (χ0n) is 14.2. The summed E-state index contributed by atoms with van der Waals surface area (Å²) in [6.07, 6.45) is 0. The lowest BCUT2D eigenvalue weighted by Gasteiger charge is -2.19. The second-order valence-electron chi connectivity index (χ2n) is 6.23. The van der Waals surface area contributed by atoms with E-state index in [1.54, 1.807) is 0 Å². The van der Waals surface area contributed by atoms with E-state index in [2.05, 4.69) is 48.5 Å². The molecule has 0 amide bonds. The van der Waals surface area contributed by atoms with Crippen LogP contribution >= 0.6 is 0 Å². The molecule has 0 bridgehead atoms. The summed E-state index contributed by atoms with van der Waals surface area (Å²) in [4.78, 5) is 0. The molecule has 3 heteroatoms. The standard InChI is InChI=1S/C23H19NO2/c25-21-15-16-22(26)24(21)20-13-11-19(12-14-20)23(17-7-3-1-4-8-17)18-9-5-2-6-10-18/h1-16,23,25-26H. The maximum Gasteiger partial charge on any atom is 0.198 e. The van der Waals surface area contributed by atoms with Crippen molar-refractivity contribution in [1.29, 1.82) is 0 Å². The number of aromatic hydroxyl groups is 2. The Bertz CT molecular complexity index is 931. The average molecular weight is 341 g/mol. The minimum Gasteiger partial charge on any atom is -0.494 e. The van der Waals surface area contributed by atoms with Crippen LogP contribution in [-0.4, -0.2) is 14.8 Å². The quantitative estimate of drug-likeness (QED) is 0.509. The molecular weight excluding hydrogens is 322 g/mol. The maximum atomic E-state index is 9.92. The minimum atomic E-state index is 0.0120. The van der Waals surface area contributed by atoms with E-state index in [4.69, 9.17) is 0 Å². The fraction of sp³-hybridized carbons (Fsp3) is 0.0435. The van der Waals surface area contributed by atoms with Crippen LogP contribution in [0.3, 0.4) is 0 Å². The zero-order chi connectivity index (χ0) is 17.9. The summed E-state index contributed by atoms with van der Waals surface area (Å²) in [6.45, 7) is 0. The third kappa shape index (κ3) is 2.95. The monoisotopic (exact) mass is 341 g/mol. The van der Waals surface area contributed by atoms with Crippen LogP contribution in [0.5, 0.6) is 11.8 Å². The minimum absolute atomic E-state index is 0.0120. The van der Waals surface area contributed by atoms with Crippen LogP contribution in [0, 0.1) is 0 Å². The molecule has 0 saturated carbocycles. The topological polar surface area (TPSA) is 45.4 Å². The largest absolute Gasteiger partial charge is 0.494 e. The Balaban J connectivity index is 1.78. The van der Waals surface area contributed by atoms with E-state index >= 15 is 0 Å². The molecule has 0 spiro atoms. The normalized spacial score (nSPS) is 11.0. The molecule has 26 heavy (non-hydrogen) atoms. The molecule has 0 radical (unpaired) electrons. The predicted octanol–water partition coefficient (Wildman–Crippen LogP) is 5.07. The van der Waals surface area contributed by atoms with Crippen molar-refractivity contribution >= 4 is 0 Å². The van der Waals surface area contributed by atoms with Gasteiger partial charge in [-0.15, -0.1) is 0 Å². The van der Waals surface area contributed by atoms with Gasteiger partial charge in [0, 0.05) is 18.1 Å². The fourth-order valence-electron chi connectivity index (χ4n) is 3.36. The highest BCUT2D eigenvalue weighted by atomic mass is 16.3. The number of hydrogen-bond acceptors (Lipinski definition) is 2. The first kappa shape index (κ1) is 16.0. The van der Waals surface area contributed by atoms with Gasteiger partial charge in [-0.05, 0) is 28.8 Å². The highest BCUT2D eigenvalue weighted by molar-refractivity contribution is 5.48. The van der Waals surface area contributed by atoms with Crippen LogP contribution in [-0.2, 0) is 0 Å². The second kappa shape index (κ2) is 6.81. The van der Waals surface area contributed by atoms with Gasteiger partial charge in [0.1, 0.15) is 0 Å². The SMILES string of the molecule is Oc1ccc(O)n1-c1ccc(C(c2ccccc2)c2ccccc2)cc1. The Morgan fingerprint density at radius 2 is 0.923 bits per heavy atom. The summed E-state index contributed by atoms with van der Waals surface area (Å²) >= 11 is 0. The molecule has 0 aliphatic heterocycles. The van der Waals surface area contributed by atoms with E-state index in [0.29, 0.717) is 5.69 Å². The van der Waals surface area contributed by atoms with E-state index in [1.165, 1.54) is 27.8 Å². The van der Waals surface area contributed by atoms with Crippen LogP contribution in [0.15, 0.2) is 97.1 Å². The van der Waals surface area contributed by atoms with Crippen LogP contribution in [0.2, 0.25) is 0 Å². The lowest BCUT2D eigenvalue weighted by Crippen LogP contribution is -2.03. The van der Waals surface area contributed by atoms with Crippen molar-refractivity contribution in [1.82, 2.24) is 4.57 Å². The lowest BCUT2D eigenvalue weighted by molar-refractivity contribution is 0.402. The van der Waals surface area contributed by atoms with Crippen molar-refractivity contribution in [2.24, 2.45) is 0 Å². The van der Waals surface area contributed by atoms with Gasteiger partial charge in [-0.2, -0.15) is 0 Å². The molecule has 0 aliphatic carbocycles. The highest BCUT2D eigenvalue weighted by Gasteiger charge is 2.17. The second-order valence-corrected chi connectivity index (χ2v) is 6.23. The van der Waals surface area contributed by atoms with Gasteiger partial charge < -0.3 is 10.2 Å². The van der Waals surface area contributed by atoms with Crippen LogP contribution in [0.1, 0.15) is 22.6 Å². The molecule has 1 heterocycles. The van der Waals surface area contributed by atoms with Gasteiger partial charge in [-0.25, -0.2) is 0 Å². The van der Waals surface area contributed by atoms with E-state index < -0.39 is 0 Å². The summed E-state index contributed by atoms with van der Waals surface area (Å²) in [7, 11) is 0. The number of hydrogen-bond donors (Lipinski definition) is 2. The molecule has 0 fully saturated rings. The van der Waals surface area contributed by atoms with Crippen molar-refractivity contribution in [3.63, 3.8) is 0 Å². The van der Waals surface area contributed by atoms with E-state index in [9.17, 15) is 10.2 Å². The molecule has 3 aromatic carbocycles. The van der Waals surface area contributed by atoms with Crippen LogP contribution < -0.4 is 0 Å². The van der Waals surface area contributed by atoms with Gasteiger partial charge in [0.15, 0.2) is 11.8 Å². The first-order chi connectivity index (χ1) is 12.7. The van der Waals surface area contributed by atoms with Crippen LogP contribution in [0.4, 0.5) is 0 Å². The molecule has 2 N–H and O–H groups in total. The van der Waals surface area contributed by atoms with E-state index in [0.717, 1.165) is 5.56 Å². The maximum absolute atomic E-state index is 9.92. The van der Waals surface area contributed by atoms with Crippen LogP contribution in [0.25, 0.3) is 5.69 Å². The Morgan fingerprint density at radius 1 is 0.500 bits per heavy atom. The Labute approximate surface area is 152 Å². The van der Waals surface area contributed by atoms with Gasteiger partial charge in [0.05, 0.1) is 5.69 Å². The van der Waals surface area contributed by atoms with E-state index in [-0.39, 0.29) is 17.7 Å². The molecule has 3 nitrogen and oxygen atoms in total. The summed E-state index contributed by atoms with van der Waals surface area (Å²) < 4.78 is 1.41. The molecule has 0 aliphatic rings. The highest BCUT2D eigenvalue weighted by Crippen LogP contribution is 2.33. The molecular formula is C23H19NO2. The molecule has 4 aromatic rings. The molecule has 0 saturated heterocycles. The first-order valence-electron chi connectivity index (χ1n) is 8.54. The third-order valence-electron chi connectivity index (χ3n) is 4.59. The van der Waals surface area contributed by atoms with Gasteiger partial charge in [-0.1, -0.05) is 72.8 Å². The van der Waals surface area contributed by atoms with Gasteiger partial charge in [0.2, 0.25) is 0 Å². The Kier molecular flexibility index (Phi) is 4.20. The summed E-state index contributed by atoms with van der Waals surface area (Å²) in [6, 6.07) is 31.6. The van der Waals surface area contributed by atoms with Crippen molar-refractivity contribution < 1.29 is 10.2 Å². The summed E-state index contributed by atoms with van der Waals surface area (Å²) in [5, 5.41) is 19.8. The van der Waals surface area contributed by atoms with Crippen molar-refractivity contribution in [3.8, 4) is 17.4 Å². The molecule has 0 atom stereocenters. The number of rotatable bonds is 4. The molecule has 128 valence electrons. The average Bonchev–Trinajstić information content (AvgIpc) is 3.03. The summed E-state index contributed by atoms with van der Waals surface area (Å²) in [5.41, 5.74) is 4.31. The Morgan fingerprint density at radius 3 is 1.38 bits per heavy atom. The van der Waals surface area contributed by atoms with Crippen molar-refractivity contribution in [3.05, 3.63) is 114 Å². The number of benzene rings is 3. The smallest absolute Gasteiger partial charge is 0.198 e. The lowest BCUT2D eigenvalue weighted by atomic mass is 9.85. The molecule has 1 aromatic heterocycles. The summed E-state index contributed by atoms with van der Waals surface area (Å²) in [5.74, 6) is 0.147. The first-order valence-corrected chi connectivity index (χ1v) is 8.54. The molecule has 0 unspecified atom stereocenters. The predicted molar refractivity (Wildman–Crippen MR) is 103 cm³/mol. The Hall–Kier alpha value is -3.46. The zero-order valence-corrected chi connectivity index (χ0v) is 14.2. The fourth-order valence-corrected chi connectivity index (χ4v) is 3.36.